The number of hydrogen-bond donors (Lipinski definition) is 0. The minimum absolute atomic E-state index is 0.162. The first kappa shape index (κ1) is 13.2. The predicted molar refractivity (Wildman–Crippen MR) is 80.4 cm³/mol. The third-order valence-electron chi connectivity index (χ3n) is 3.41. The lowest BCUT2D eigenvalue weighted by Gasteiger charge is -2.04. The van der Waals surface area contributed by atoms with Crippen LogP contribution in [0.25, 0.3) is 10.8 Å². The van der Waals surface area contributed by atoms with E-state index in [9.17, 15) is 9.59 Å². The van der Waals surface area contributed by atoms with Gasteiger partial charge in [-0.05, 0) is 16.8 Å². The van der Waals surface area contributed by atoms with Gasteiger partial charge in [0.05, 0.1) is 6.42 Å². The van der Waals surface area contributed by atoms with E-state index in [4.69, 9.17) is 0 Å². The van der Waals surface area contributed by atoms with Crippen LogP contribution < -0.4 is 0 Å². The fourth-order valence-electron chi connectivity index (χ4n) is 2.36. The molecule has 0 aliphatic rings. The summed E-state index contributed by atoms with van der Waals surface area (Å²) in [6, 6.07) is 14.8. The molecule has 0 bridgehead atoms. The molecule has 4 heteroatoms. The molecule has 0 spiro atoms. The van der Waals surface area contributed by atoms with Crippen LogP contribution in [0.5, 0.6) is 0 Å². The van der Waals surface area contributed by atoms with Crippen molar-refractivity contribution in [3.8, 4) is 0 Å². The molecular formula is C17H14N2O2. The summed E-state index contributed by atoms with van der Waals surface area (Å²) in [7, 11) is 1.74. The van der Waals surface area contributed by atoms with Crippen molar-refractivity contribution in [2.45, 2.75) is 6.42 Å². The highest BCUT2D eigenvalue weighted by Gasteiger charge is 2.17. The molecule has 1 aromatic heterocycles. The van der Waals surface area contributed by atoms with Crippen molar-refractivity contribution in [3.05, 3.63) is 66.0 Å². The molecule has 0 aliphatic carbocycles. The fourth-order valence-corrected chi connectivity index (χ4v) is 2.36. The van der Waals surface area contributed by atoms with Crippen LogP contribution >= 0.6 is 0 Å². The van der Waals surface area contributed by atoms with Crippen molar-refractivity contribution in [2.24, 2.45) is 7.05 Å². The van der Waals surface area contributed by atoms with Gasteiger partial charge < -0.3 is 0 Å². The van der Waals surface area contributed by atoms with E-state index in [2.05, 4.69) is 5.10 Å². The molecule has 21 heavy (non-hydrogen) atoms. The Hall–Kier alpha value is -2.75. The van der Waals surface area contributed by atoms with E-state index in [1.807, 2.05) is 36.4 Å². The van der Waals surface area contributed by atoms with E-state index in [0.29, 0.717) is 11.3 Å². The Balaban J connectivity index is 1.89. The lowest BCUT2D eigenvalue weighted by Crippen LogP contribution is -2.10. The van der Waals surface area contributed by atoms with Gasteiger partial charge in [0, 0.05) is 18.8 Å². The maximum atomic E-state index is 12.4. The molecule has 2 aromatic carbocycles. The fraction of sp³-hybridized carbons (Fsp3) is 0.118. The number of aryl methyl sites for hydroxylation is 1. The monoisotopic (exact) mass is 278 g/mol. The highest BCUT2D eigenvalue weighted by atomic mass is 16.1. The van der Waals surface area contributed by atoms with Crippen LogP contribution in [0.3, 0.4) is 0 Å². The highest BCUT2D eigenvalue weighted by Crippen LogP contribution is 2.20. The quantitative estimate of drug-likeness (QED) is 0.544. The van der Waals surface area contributed by atoms with Crippen molar-refractivity contribution in [1.82, 2.24) is 9.78 Å². The van der Waals surface area contributed by atoms with Crippen LogP contribution in [0.1, 0.15) is 27.3 Å². The Labute approximate surface area is 122 Å². The van der Waals surface area contributed by atoms with Gasteiger partial charge in [-0.25, -0.2) is 0 Å². The largest absolute Gasteiger partial charge is 0.294 e. The van der Waals surface area contributed by atoms with Crippen LogP contribution in [0, 0.1) is 0 Å². The number of hydrogen-bond acceptors (Lipinski definition) is 3. The summed E-state index contributed by atoms with van der Waals surface area (Å²) in [5, 5.41) is 5.90. The van der Waals surface area contributed by atoms with Gasteiger partial charge in [-0.3, -0.25) is 14.3 Å². The van der Waals surface area contributed by atoms with Crippen molar-refractivity contribution in [1.29, 1.82) is 0 Å². The first-order valence-corrected chi connectivity index (χ1v) is 6.69. The van der Waals surface area contributed by atoms with Gasteiger partial charge in [0.15, 0.2) is 11.6 Å². The zero-order chi connectivity index (χ0) is 14.8. The summed E-state index contributed by atoms with van der Waals surface area (Å²) >= 11 is 0. The number of Topliss-reactive ketones (excluding diaryl/α,β-unsaturated/α-hetero) is 2. The standard InChI is InChI=1S/C17H14N2O2/c1-19-10-9-15(18-19)17(21)11-16(20)14-8-4-6-12-5-2-3-7-13(12)14/h2-10H,11H2,1H3. The number of nitrogens with zero attached hydrogens (tertiary/aromatic N) is 2. The van der Waals surface area contributed by atoms with E-state index in [1.54, 1.807) is 30.1 Å². The SMILES string of the molecule is Cn1ccc(C(=O)CC(=O)c2cccc3ccccc23)n1. The summed E-state index contributed by atoms with van der Waals surface area (Å²) in [6.45, 7) is 0. The molecule has 0 aliphatic heterocycles. The van der Waals surface area contributed by atoms with Crippen molar-refractivity contribution in [3.63, 3.8) is 0 Å². The molecule has 0 fully saturated rings. The molecule has 1 heterocycles. The molecule has 0 radical (unpaired) electrons. The summed E-state index contributed by atoms with van der Waals surface area (Å²) in [5.41, 5.74) is 0.906. The maximum Gasteiger partial charge on any atom is 0.190 e. The van der Waals surface area contributed by atoms with Crippen molar-refractivity contribution < 1.29 is 9.59 Å². The van der Waals surface area contributed by atoms with Gasteiger partial charge in [0.25, 0.3) is 0 Å². The van der Waals surface area contributed by atoms with Crippen LogP contribution in [-0.4, -0.2) is 21.3 Å². The van der Waals surface area contributed by atoms with E-state index in [-0.39, 0.29) is 18.0 Å². The topological polar surface area (TPSA) is 52.0 Å². The Bertz CT molecular complexity index is 828. The van der Waals surface area contributed by atoms with Gasteiger partial charge in [-0.15, -0.1) is 0 Å². The van der Waals surface area contributed by atoms with E-state index < -0.39 is 0 Å². The number of carbonyl (C=O) groups excluding carboxylic acids is 2. The number of ketones is 2. The summed E-state index contributed by atoms with van der Waals surface area (Å²) in [4.78, 5) is 24.5. The average Bonchev–Trinajstić information content (AvgIpc) is 2.93. The number of rotatable bonds is 4. The molecule has 0 atom stereocenters. The summed E-state index contributed by atoms with van der Waals surface area (Å²) in [6.07, 6.45) is 1.53. The third-order valence-corrected chi connectivity index (χ3v) is 3.41. The predicted octanol–water partition coefficient (Wildman–Crippen LogP) is 3.03. The Kier molecular flexibility index (Phi) is 3.36. The molecular weight excluding hydrogens is 264 g/mol. The molecule has 0 saturated carbocycles. The highest BCUT2D eigenvalue weighted by molar-refractivity contribution is 6.17. The number of benzene rings is 2. The Morgan fingerprint density at radius 1 is 1.00 bits per heavy atom. The van der Waals surface area contributed by atoms with Crippen LogP contribution in [0.4, 0.5) is 0 Å². The molecule has 0 saturated heterocycles. The second-order valence-electron chi connectivity index (χ2n) is 4.92. The zero-order valence-electron chi connectivity index (χ0n) is 11.6. The van der Waals surface area contributed by atoms with Crippen LogP contribution in [0.15, 0.2) is 54.7 Å². The minimum Gasteiger partial charge on any atom is -0.294 e. The van der Waals surface area contributed by atoms with Crippen LogP contribution in [-0.2, 0) is 7.05 Å². The van der Waals surface area contributed by atoms with E-state index in [0.717, 1.165) is 10.8 Å². The first-order chi connectivity index (χ1) is 10.1. The normalized spacial score (nSPS) is 10.7. The van der Waals surface area contributed by atoms with Crippen molar-refractivity contribution in [2.75, 3.05) is 0 Å². The minimum atomic E-state index is -0.256. The molecule has 0 unspecified atom stereocenters. The summed E-state index contributed by atoms with van der Waals surface area (Å²) < 4.78 is 1.55. The maximum absolute atomic E-state index is 12.4. The molecule has 3 aromatic rings. The zero-order valence-corrected chi connectivity index (χ0v) is 11.6. The second kappa shape index (κ2) is 5.32. The Morgan fingerprint density at radius 2 is 1.76 bits per heavy atom. The average molecular weight is 278 g/mol. The van der Waals surface area contributed by atoms with E-state index in [1.165, 1.54) is 0 Å². The summed E-state index contributed by atoms with van der Waals surface area (Å²) in [5.74, 6) is -0.434. The lowest BCUT2D eigenvalue weighted by molar-refractivity contribution is 0.0892. The molecule has 3 rings (SSSR count). The van der Waals surface area contributed by atoms with Crippen molar-refractivity contribution >= 4 is 22.3 Å². The van der Waals surface area contributed by atoms with Gasteiger partial charge in [0.1, 0.15) is 5.69 Å². The molecule has 0 amide bonds. The molecule has 4 nitrogen and oxygen atoms in total. The van der Waals surface area contributed by atoms with Gasteiger partial charge >= 0.3 is 0 Å². The number of carbonyl (C=O) groups is 2. The first-order valence-electron chi connectivity index (χ1n) is 6.69. The third kappa shape index (κ3) is 2.60. The lowest BCUT2D eigenvalue weighted by atomic mass is 9.98. The number of aromatic nitrogens is 2. The smallest absolute Gasteiger partial charge is 0.190 e. The number of fused-ring (bicyclic) bond motifs is 1. The van der Waals surface area contributed by atoms with Gasteiger partial charge in [-0.1, -0.05) is 42.5 Å². The molecule has 104 valence electrons. The van der Waals surface area contributed by atoms with Gasteiger partial charge in [-0.2, -0.15) is 5.10 Å². The van der Waals surface area contributed by atoms with E-state index >= 15 is 0 Å². The second-order valence-corrected chi connectivity index (χ2v) is 4.92. The Morgan fingerprint density at radius 3 is 2.52 bits per heavy atom. The van der Waals surface area contributed by atoms with Gasteiger partial charge in [0.2, 0.25) is 0 Å². The molecule has 0 N–H and O–H groups in total. The van der Waals surface area contributed by atoms with Crippen LogP contribution in [0.2, 0.25) is 0 Å².